The van der Waals surface area contributed by atoms with Crippen LogP contribution < -0.4 is 0 Å². The van der Waals surface area contributed by atoms with E-state index in [1.807, 2.05) is 20.8 Å². The fraction of sp³-hybridized carbons (Fsp3) is 0.889. The van der Waals surface area contributed by atoms with Gasteiger partial charge in [-0.15, -0.1) is 0 Å². The Morgan fingerprint density at radius 2 is 2.08 bits per heavy atom. The van der Waals surface area contributed by atoms with Crippen LogP contribution in [-0.2, 0) is 9.53 Å². The summed E-state index contributed by atoms with van der Waals surface area (Å²) in [4.78, 5) is 10.3. The quantitative estimate of drug-likeness (QED) is 0.632. The molecule has 0 spiro atoms. The first-order chi connectivity index (χ1) is 5.52. The minimum absolute atomic E-state index is 0.00539. The fourth-order valence-corrected chi connectivity index (χ4v) is 0.954. The van der Waals surface area contributed by atoms with Crippen molar-refractivity contribution in [2.45, 2.75) is 33.3 Å². The normalized spacial score (nSPS) is 14.3. The van der Waals surface area contributed by atoms with E-state index in [2.05, 4.69) is 0 Å². The van der Waals surface area contributed by atoms with Crippen molar-refractivity contribution in [1.82, 2.24) is 0 Å². The average molecular weight is 174 g/mol. The van der Waals surface area contributed by atoms with Gasteiger partial charge in [0.05, 0.1) is 19.3 Å². The van der Waals surface area contributed by atoms with Crippen molar-refractivity contribution in [3.05, 3.63) is 0 Å². The summed E-state index contributed by atoms with van der Waals surface area (Å²) < 4.78 is 5.31. The van der Waals surface area contributed by atoms with Gasteiger partial charge in [0.25, 0.3) is 0 Å². The second-order valence-corrected chi connectivity index (χ2v) is 3.85. The number of aliphatic hydroxyl groups excluding tert-OH is 1. The van der Waals surface area contributed by atoms with Gasteiger partial charge < -0.3 is 14.6 Å². The van der Waals surface area contributed by atoms with Gasteiger partial charge in [0.2, 0.25) is 0 Å². The molecular formula is C9H18O3. The van der Waals surface area contributed by atoms with E-state index < -0.39 is 0 Å². The number of ether oxygens (including phenoxy) is 1. The molecule has 12 heavy (non-hydrogen) atoms. The van der Waals surface area contributed by atoms with Gasteiger partial charge >= 0.3 is 0 Å². The van der Waals surface area contributed by atoms with Crippen molar-refractivity contribution in [3.63, 3.8) is 0 Å². The monoisotopic (exact) mass is 174 g/mol. The molecule has 0 heterocycles. The summed E-state index contributed by atoms with van der Waals surface area (Å²) in [6, 6.07) is 0. The molecule has 0 amide bonds. The smallest absolute Gasteiger partial charge is 0.122 e. The molecule has 0 fully saturated rings. The molecule has 1 atom stereocenters. The van der Waals surface area contributed by atoms with Crippen molar-refractivity contribution in [3.8, 4) is 0 Å². The minimum atomic E-state index is -0.0952. The number of carbonyl (C=O) groups is 1. The van der Waals surface area contributed by atoms with Crippen LogP contribution in [0.15, 0.2) is 0 Å². The molecule has 3 heteroatoms. The third-order valence-corrected chi connectivity index (χ3v) is 1.69. The molecule has 1 N–H and O–H groups in total. The first-order valence-electron chi connectivity index (χ1n) is 4.18. The summed E-state index contributed by atoms with van der Waals surface area (Å²) in [5, 5.41) is 8.54. The molecule has 0 aromatic rings. The lowest BCUT2D eigenvalue weighted by atomic mass is 9.87. The maximum absolute atomic E-state index is 10.3. The highest BCUT2D eigenvalue weighted by atomic mass is 16.5. The predicted molar refractivity (Wildman–Crippen MR) is 47.0 cm³/mol. The van der Waals surface area contributed by atoms with Gasteiger partial charge in [-0.05, 0) is 5.41 Å². The summed E-state index contributed by atoms with van der Waals surface area (Å²) in [6.45, 7) is 6.34. The van der Waals surface area contributed by atoms with E-state index in [0.717, 1.165) is 6.29 Å². The van der Waals surface area contributed by atoms with E-state index >= 15 is 0 Å². The molecule has 72 valence electrons. The van der Waals surface area contributed by atoms with Crippen LogP contribution in [0.25, 0.3) is 0 Å². The SMILES string of the molecule is CC(C)(C)C(CC=O)OCCO. The van der Waals surface area contributed by atoms with Crippen LogP contribution in [0.5, 0.6) is 0 Å². The zero-order valence-corrected chi connectivity index (χ0v) is 8.04. The van der Waals surface area contributed by atoms with Crippen LogP contribution in [-0.4, -0.2) is 30.7 Å². The van der Waals surface area contributed by atoms with Gasteiger partial charge in [-0.2, -0.15) is 0 Å². The third kappa shape index (κ3) is 4.46. The number of hydrogen-bond acceptors (Lipinski definition) is 3. The summed E-state index contributed by atoms with van der Waals surface area (Å²) >= 11 is 0. The Labute approximate surface area is 73.7 Å². The van der Waals surface area contributed by atoms with Crippen molar-refractivity contribution >= 4 is 6.29 Å². The highest BCUT2D eigenvalue weighted by molar-refractivity contribution is 5.50. The number of aliphatic hydroxyl groups is 1. The highest BCUT2D eigenvalue weighted by Gasteiger charge is 2.24. The molecule has 0 aromatic carbocycles. The summed E-state index contributed by atoms with van der Waals surface area (Å²) in [7, 11) is 0. The molecule has 0 saturated carbocycles. The molecule has 0 rings (SSSR count). The van der Waals surface area contributed by atoms with Gasteiger partial charge in [0, 0.05) is 6.42 Å². The lowest BCUT2D eigenvalue weighted by Gasteiger charge is -2.28. The third-order valence-electron chi connectivity index (χ3n) is 1.69. The van der Waals surface area contributed by atoms with Crippen molar-refractivity contribution in [1.29, 1.82) is 0 Å². The molecule has 0 saturated heterocycles. The molecule has 0 bridgehead atoms. The summed E-state index contributed by atoms with van der Waals surface area (Å²) in [6.07, 6.45) is 1.15. The topological polar surface area (TPSA) is 46.5 Å². The van der Waals surface area contributed by atoms with Crippen LogP contribution in [0, 0.1) is 5.41 Å². The molecule has 0 aliphatic rings. The predicted octanol–water partition coefficient (Wildman–Crippen LogP) is 0.999. The van der Waals surface area contributed by atoms with Gasteiger partial charge in [0.15, 0.2) is 0 Å². The van der Waals surface area contributed by atoms with Crippen molar-refractivity contribution < 1.29 is 14.6 Å². The first kappa shape index (κ1) is 11.6. The van der Waals surface area contributed by atoms with Gasteiger partial charge in [-0.3, -0.25) is 0 Å². The van der Waals surface area contributed by atoms with Crippen LogP contribution in [0.2, 0.25) is 0 Å². The average Bonchev–Trinajstić information content (AvgIpc) is 1.95. The maximum atomic E-state index is 10.3. The van der Waals surface area contributed by atoms with Crippen LogP contribution in [0.4, 0.5) is 0 Å². The Morgan fingerprint density at radius 3 is 2.42 bits per heavy atom. The van der Waals surface area contributed by atoms with Crippen LogP contribution >= 0.6 is 0 Å². The Bertz CT molecular complexity index is 126. The van der Waals surface area contributed by atoms with Gasteiger partial charge in [0.1, 0.15) is 6.29 Å². The lowest BCUT2D eigenvalue weighted by molar-refractivity contribution is -0.113. The van der Waals surface area contributed by atoms with E-state index in [-0.39, 0.29) is 18.1 Å². The number of carbonyl (C=O) groups excluding carboxylic acids is 1. The highest BCUT2D eigenvalue weighted by Crippen LogP contribution is 2.23. The van der Waals surface area contributed by atoms with E-state index in [9.17, 15) is 4.79 Å². The Hall–Kier alpha value is -0.410. The van der Waals surface area contributed by atoms with Crippen LogP contribution in [0.3, 0.4) is 0 Å². The lowest BCUT2D eigenvalue weighted by Crippen LogP contribution is -2.30. The zero-order valence-electron chi connectivity index (χ0n) is 8.04. The van der Waals surface area contributed by atoms with Crippen LogP contribution in [0.1, 0.15) is 27.2 Å². The molecule has 0 aliphatic heterocycles. The second-order valence-electron chi connectivity index (χ2n) is 3.85. The summed E-state index contributed by atoms with van der Waals surface area (Å²) in [5.74, 6) is 0. The Balaban J connectivity index is 3.94. The summed E-state index contributed by atoms with van der Waals surface area (Å²) in [5.41, 5.74) is -0.0456. The van der Waals surface area contributed by atoms with Crippen molar-refractivity contribution in [2.24, 2.45) is 5.41 Å². The molecule has 0 radical (unpaired) electrons. The number of aldehydes is 1. The second kappa shape index (κ2) is 5.27. The van der Waals surface area contributed by atoms with E-state index in [0.29, 0.717) is 13.0 Å². The van der Waals surface area contributed by atoms with Crippen molar-refractivity contribution in [2.75, 3.05) is 13.2 Å². The fourth-order valence-electron chi connectivity index (χ4n) is 0.954. The maximum Gasteiger partial charge on any atom is 0.122 e. The Morgan fingerprint density at radius 1 is 1.50 bits per heavy atom. The Kier molecular flexibility index (Phi) is 5.09. The number of rotatable bonds is 5. The molecule has 0 aliphatic carbocycles. The van der Waals surface area contributed by atoms with Gasteiger partial charge in [-0.1, -0.05) is 20.8 Å². The van der Waals surface area contributed by atoms with E-state index in [1.54, 1.807) is 0 Å². The molecule has 3 nitrogen and oxygen atoms in total. The van der Waals surface area contributed by atoms with E-state index in [4.69, 9.17) is 9.84 Å². The standard InChI is InChI=1S/C9H18O3/c1-9(2,3)8(4-5-10)12-7-6-11/h5,8,11H,4,6-7H2,1-3H3. The largest absolute Gasteiger partial charge is 0.394 e. The molecule has 1 unspecified atom stereocenters. The first-order valence-corrected chi connectivity index (χ1v) is 4.18. The number of hydrogen-bond donors (Lipinski definition) is 1. The van der Waals surface area contributed by atoms with E-state index in [1.165, 1.54) is 0 Å². The molecule has 0 aromatic heterocycles. The van der Waals surface area contributed by atoms with Gasteiger partial charge in [-0.25, -0.2) is 0 Å². The minimum Gasteiger partial charge on any atom is -0.394 e. The zero-order chi connectivity index (χ0) is 9.61. The molecular weight excluding hydrogens is 156 g/mol.